The number of benzene rings is 2. The van der Waals surface area contributed by atoms with Gasteiger partial charge in [-0.05, 0) is 72.9 Å². The number of rotatable bonds is 5. The molecule has 1 saturated heterocycles. The van der Waals surface area contributed by atoms with Gasteiger partial charge in [-0.25, -0.2) is 4.39 Å². The summed E-state index contributed by atoms with van der Waals surface area (Å²) in [5, 5.41) is 0.932. The lowest BCUT2D eigenvalue weighted by molar-refractivity contribution is 0.0768. The zero-order valence-corrected chi connectivity index (χ0v) is 17.4. The predicted molar refractivity (Wildman–Crippen MR) is 115 cm³/mol. The molecule has 0 radical (unpaired) electrons. The molecule has 29 heavy (non-hydrogen) atoms. The first-order chi connectivity index (χ1) is 14.0. The van der Waals surface area contributed by atoms with E-state index < -0.39 is 0 Å². The van der Waals surface area contributed by atoms with E-state index in [-0.39, 0.29) is 22.2 Å². The van der Waals surface area contributed by atoms with Gasteiger partial charge < -0.3 is 14.5 Å². The standard InChI is InChI=1S/C23H24FNO3S/c1-15(16-3-5-21-17(11-16)4-6-22(26)25-21)28-20-13-18(12-19(24)14-20)23(29-2)7-9-27-10-8-23/h3-6,11-15H,7-10H2,1-2H3,(H,25,26). The molecule has 2 heterocycles. The molecule has 1 aromatic heterocycles. The van der Waals surface area contributed by atoms with Crippen molar-refractivity contribution in [1.29, 1.82) is 0 Å². The molecule has 1 N–H and O–H groups in total. The molecular weight excluding hydrogens is 389 g/mol. The molecule has 0 amide bonds. The van der Waals surface area contributed by atoms with Gasteiger partial charge in [0.15, 0.2) is 0 Å². The Morgan fingerprint density at radius 2 is 1.93 bits per heavy atom. The largest absolute Gasteiger partial charge is 0.486 e. The first-order valence-electron chi connectivity index (χ1n) is 9.73. The Balaban J connectivity index is 1.61. The molecule has 4 nitrogen and oxygen atoms in total. The summed E-state index contributed by atoms with van der Waals surface area (Å²) in [6, 6.07) is 14.1. The van der Waals surface area contributed by atoms with Gasteiger partial charge in [0.25, 0.3) is 0 Å². The van der Waals surface area contributed by atoms with Crippen molar-refractivity contribution in [3.05, 3.63) is 75.8 Å². The highest BCUT2D eigenvalue weighted by Gasteiger charge is 2.34. The van der Waals surface area contributed by atoms with Crippen LogP contribution in [0.3, 0.4) is 0 Å². The monoisotopic (exact) mass is 413 g/mol. The van der Waals surface area contributed by atoms with Gasteiger partial charge in [0.1, 0.15) is 17.7 Å². The van der Waals surface area contributed by atoms with Crippen molar-refractivity contribution in [2.45, 2.75) is 30.6 Å². The Kier molecular flexibility index (Phi) is 5.65. The lowest BCUT2D eigenvalue weighted by Crippen LogP contribution is -2.30. The van der Waals surface area contributed by atoms with E-state index in [1.54, 1.807) is 23.9 Å². The van der Waals surface area contributed by atoms with Crippen LogP contribution in [0.5, 0.6) is 5.75 Å². The second kappa shape index (κ2) is 8.20. The lowest BCUT2D eigenvalue weighted by atomic mass is 9.90. The summed E-state index contributed by atoms with van der Waals surface area (Å²) in [4.78, 5) is 14.3. The quantitative estimate of drug-likeness (QED) is 0.627. The highest BCUT2D eigenvalue weighted by atomic mass is 32.2. The zero-order valence-electron chi connectivity index (χ0n) is 16.5. The predicted octanol–water partition coefficient (Wildman–Crippen LogP) is 5.18. The van der Waals surface area contributed by atoms with Crippen molar-refractivity contribution in [3.8, 4) is 5.75 Å². The van der Waals surface area contributed by atoms with Gasteiger partial charge >= 0.3 is 0 Å². The minimum Gasteiger partial charge on any atom is -0.486 e. The number of aromatic amines is 1. The number of pyridine rings is 1. The number of hydrogen-bond acceptors (Lipinski definition) is 4. The van der Waals surface area contributed by atoms with Crippen LogP contribution in [0.25, 0.3) is 10.9 Å². The van der Waals surface area contributed by atoms with Crippen molar-refractivity contribution >= 4 is 22.7 Å². The third-order valence-electron chi connectivity index (χ3n) is 5.62. The van der Waals surface area contributed by atoms with Crippen molar-refractivity contribution < 1.29 is 13.9 Å². The summed E-state index contributed by atoms with van der Waals surface area (Å²) < 4.78 is 25.9. The molecule has 1 aliphatic rings. The molecule has 1 unspecified atom stereocenters. The van der Waals surface area contributed by atoms with E-state index in [0.717, 1.165) is 34.9 Å². The summed E-state index contributed by atoms with van der Waals surface area (Å²) in [7, 11) is 0. The Bertz CT molecular complexity index is 1080. The molecule has 6 heteroatoms. The Morgan fingerprint density at radius 1 is 1.14 bits per heavy atom. The molecule has 1 aliphatic heterocycles. The molecule has 1 fully saturated rings. The van der Waals surface area contributed by atoms with Crippen LogP contribution in [-0.4, -0.2) is 24.5 Å². The third-order valence-corrected chi connectivity index (χ3v) is 7.04. The number of halogens is 1. The lowest BCUT2D eigenvalue weighted by Gasteiger charge is -2.36. The topological polar surface area (TPSA) is 51.3 Å². The maximum absolute atomic E-state index is 14.4. The van der Waals surface area contributed by atoms with E-state index >= 15 is 0 Å². The van der Waals surface area contributed by atoms with Gasteiger partial charge in [-0.1, -0.05) is 6.07 Å². The average molecular weight is 414 g/mol. The van der Waals surface area contributed by atoms with Gasteiger partial charge in [-0.15, -0.1) is 0 Å². The van der Waals surface area contributed by atoms with E-state index in [1.807, 2.05) is 31.2 Å². The Hall–Kier alpha value is -2.31. The molecule has 0 saturated carbocycles. The fourth-order valence-electron chi connectivity index (χ4n) is 3.90. The minimum absolute atomic E-state index is 0.127. The average Bonchev–Trinajstić information content (AvgIpc) is 2.73. The van der Waals surface area contributed by atoms with Crippen LogP contribution < -0.4 is 10.3 Å². The maximum Gasteiger partial charge on any atom is 0.248 e. The van der Waals surface area contributed by atoms with Gasteiger partial charge in [-0.3, -0.25) is 4.79 Å². The van der Waals surface area contributed by atoms with Crippen molar-refractivity contribution in [2.75, 3.05) is 19.5 Å². The van der Waals surface area contributed by atoms with Crippen LogP contribution in [-0.2, 0) is 9.48 Å². The van der Waals surface area contributed by atoms with Crippen LogP contribution in [0.15, 0.2) is 53.3 Å². The van der Waals surface area contributed by atoms with Crippen molar-refractivity contribution in [2.24, 2.45) is 0 Å². The van der Waals surface area contributed by atoms with Crippen LogP contribution in [0.1, 0.15) is 37.0 Å². The smallest absolute Gasteiger partial charge is 0.248 e. The van der Waals surface area contributed by atoms with Crippen LogP contribution >= 0.6 is 11.8 Å². The van der Waals surface area contributed by atoms with Gasteiger partial charge in [-0.2, -0.15) is 11.8 Å². The van der Waals surface area contributed by atoms with Gasteiger partial charge in [0.05, 0.1) is 0 Å². The van der Waals surface area contributed by atoms with Crippen LogP contribution in [0.4, 0.5) is 4.39 Å². The van der Waals surface area contributed by atoms with Crippen molar-refractivity contribution in [3.63, 3.8) is 0 Å². The Labute approximate surface area is 173 Å². The fourth-order valence-corrected chi connectivity index (χ4v) is 4.83. The Morgan fingerprint density at radius 3 is 2.69 bits per heavy atom. The molecule has 152 valence electrons. The number of fused-ring (bicyclic) bond motifs is 1. The third kappa shape index (κ3) is 4.19. The van der Waals surface area contributed by atoms with E-state index in [0.29, 0.717) is 19.0 Å². The highest BCUT2D eigenvalue weighted by molar-refractivity contribution is 7.99. The molecule has 0 aliphatic carbocycles. The number of H-pyrrole nitrogens is 1. The number of thioether (sulfide) groups is 1. The van der Waals surface area contributed by atoms with E-state index in [2.05, 4.69) is 11.2 Å². The molecule has 3 aromatic rings. The van der Waals surface area contributed by atoms with E-state index in [9.17, 15) is 9.18 Å². The van der Waals surface area contributed by atoms with E-state index in [4.69, 9.17) is 9.47 Å². The number of nitrogens with one attached hydrogen (secondary N) is 1. The zero-order chi connectivity index (χ0) is 20.4. The summed E-state index contributed by atoms with van der Waals surface area (Å²) in [5.41, 5.74) is 2.56. The number of hydrogen-bond donors (Lipinski definition) is 1. The second-order valence-corrected chi connectivity index (χ2v) is 8.61. The van der Waals surface area contributed by atoms with E-state index in [1.165, 1.54) is 12.1 Å². The fraction of sp³-hybridized carbons (Fsp3) is 0.348. The van der Waals surface area contributed by atoms with Crippen molar-refractivity contribution in [1.82, 2.24) is 4.98 Å². The normalized spacial score (nSPS) is 17.2. The highest BCUT2D eigenvalue weighted by Crippen LogP contribution is 2.45. The second-order valence-electron chi connectivity index (χ2n) is 7.42. The molecule has 0 bridgehead atoms. The summed E-state index contributed by atoms with van der Waals surface area (Å²) >= 11 is 1.75. The van der Waals surface area contributed by atoms with Crippen LogP contribution in [0, 0.1) is 5.82 Å². The van der Waals surface area contributed by atoms with Gasteiger partial charge in [0, 0.05) is 35.6 Å². The summed E-state index contributed by atoms with van der Waals surface area (Å²) in [6.07, 6.45) is 3.52. The first kappa shape index (κ1) is 20.0. The molecular formula is C23H24FNO3S. The number of aromatic nitrogens is 1. The molecule has 1 atom stereocenters. The first-order valence-corrected chi connectivity index (χ1v) is 11.0. The van der Waals surface area contributed by atoms with Gasteiger partial charge in [0.2, 0.25) is 5.56 Å². The molecule has 2 aromatic carbocycles. The minimum atomic E-state index is -0.291. The summed E-state index contributed by atoms with van der Waals surface area (Å²) in [5.74, 6) is 0.231. The maximum atomic E-state index is 14.4. The summed E-state index contributed by atoms with van der Waals surface area (Å²) in [6.45, 7) is 3.31. The number of ether oxygens (including phenoxy) is 2. The molecule has 0 spiro atoms. The SMILES string of the molecule is CSC1(c2cc(F)cc(OC(C)c3ccc4[nH]c(=O)ccc4c3)c2)CCOCC1. The van der Waals surface area contributed by atoms with Crippen LogP contribution in [0.2, 0.25) is 0 Å². The molecule has 4 rings (SSSR count).